The summed E-state index contributed by atoms with van der Waals surface area (Å²) in [6.45, 7) is 0. The van der Waals surface area contributed by atoms with Crippen molar-refractivity contribution in [1.82, 2.24) is 9.38 Å². The number of nitrogens with zero attached hydrogens (tertiary/aromatic N) is 2. The number of anilines is 1. The smallest absolute Gasteiger partial charge is 0.136 e. The van der Waals surface area contributed by atoms with Gasteiger partial charge in [0.25, 0.3) is 0 Å². The zero-order valence-corrected chi connectivity index (χ0v) is 5.36. The van der Waals surface area contributed by atoms with Crippen LogP contribution in [-0.2, 0) is 0 Å². The minimum Gasteiger partial charge on any atom is -0.396 e. The second-order valence-electron chi connectivity index (χ2n) is 2.16. The van der Waals surface area contributed by atoms with Gasteiger partial charge in [0, 0.05) is 12.4 Å². The van der Waals surface area contributed by atoms with Crippen molar-refractivity contribution in [2.45, 2.75) is 0 Å². The Balaban J connectivity index is 2.86. The van der Waals surface area contributed by atoms with Crippen LogP contribution in [0, 0.1) is 0 Å². The van der Waals surface area contributed by atoms with E-state index >= 15 is 0 Å². The Bertz CT molecular complexity index is 350. The summed E-state index contributed by atoms with van der Waals surface area (Å²) in [6.07, 6.45) is 5.40. The Morgan fingerprint density at radius 2 is 2.40 bits per heavy atom. The van der Waals surface area contributed by atoms with Gasteiger partial charge in [-0.05, 0) is 12.1 Å². The summed E-state index contributed by atoms with van der Waals surface area (Å²) in [5.74, 6) is 0. The third-order valence-electron chi connectivity index (χ3n) is 1.39. The quantitative estimate of drug-likeness (QED) is 0.580. The number of hydrogen-bond acceptors (Lipinski definition) is 2. The first-order valence-corrected chi connectivity index (χ1v) is 3.04. The van der Waals surface area contributed by atoms with Crippen molar-refractivity contribution in [2.24, 2.45) is 0 Å². The van der Waals surface area contributed by atoms with Gasteiger partial charge >= 0.3 is 0 Å². The van der Waals surface area contributed by atoms with Crippen molar-refractivity contribution in [3.63, 3.8) is 0 Å². The summed E-state index contributed by atoms with van der Waals surface area (Å²) in [6, 6.07) is 3.86. The summed E-state index contributed by atoms with van der Waals surface area (Å²) >= 11 is 0. The Labute approximate surface area is 58.1 Å². The molecule has 0 saturated heterocycles. The Kier molecular flexibility index (Phi) is 0.917. The van der Waals surface area contributed by atoms with Gasteiger partial charge in [0.1, 0.15) is 5.65 Å². The van der Waals surface area contributed by atoms with Crippen molar-refractivity contribution in [2.75, 3.05) is 5.73 Å². The fraction of sp³-hybridized carbons (Fsp3) is 0. The number of nitrogens with two attached hydrogens (primary N) is 1. The minimum atomic E-state index is 0.684. The molecule has 0 aliphatic heterocycles. The molecule has 0 aromatic carbocycles. The van der Waals surface area contributed by atoms with E-state index in [1.165, 1.54) is 0 Å². The van der Waals surface area contributed by atoms with Crippen molar-refractivity contribution >= 4 is 11.3 Å². The highest BCUT2D eigenvalue weighted by Gasteiger charge is 1.90. The van der Waals surface area contributed by atoms with Crippen LogP contribution in [0.3, 0.4) is 0 Å². The van der Waals surface area contributed by atoms with Crippen LogP contribution in [0.25, 0.3) is 5.65 Å². The number of nitrogen functional groups attached to an aromatic ring is 1. The second kappa shape index (κ2) is 1.73. The molecule has 50 valence electrons. The molecule has 0 atom stereocenters. The molecule has 2 rings (SSSR count). The first kappa shape index (κ1) is 5.29. The number of fused-ring (bicyclic) bond motifs is 1. The van der Waals surface area contributed by atoms with E-state index in [1.807, 2.05) is 28.9 Å². The van der Waals surface area contributed by atoms with Gasteiger partial charge in [0.05, 0.1) is 11.9 Å². The molecular weight excluding hydrogens is 126 g/mol. The molecule has 0 radical (unpaired) electrons. The molecule has 0 spiro atoms. The number of hydrogen-bond donors (Lipinski definition) is 1. The molecule has 3 heteroatoms. The monoisotopic (exact) mass is 133 g/mol. The van der Waals surface area contributed by atoms with Gasteiger partial charge in [-0.3, -0.25) is 0 Å². The van der Waals surface area contributed by atoms with Crippen LogP contribution in [-0.4, -0.2) is 9.38 Å². The molecule has 0 amide bonds. The molecule has 2 aromatic heterocycles. The first-order valence-electron chi connectivity index (χ1n) is 3.04. The van der Waals surface area contributed by atoms with Gasteiger partial charge < -0.3 is 10.1 Å². The van der Waals surface area contributed by atoms with Gasteiger partial charge in [0.2, 0.25) is 0 Å². The van der Waals surface area contributed by atoms with Gasteiger partial charge in [-0.15, -0.1) is 0 Å². The third kappa shape index (κ3) is 0.639. The maximum absolute atomic E-state index is 5.50. The molecule has 0 bridgehead atoms. The Hall–Kier alpha value is -1.51. The molecule has 10 heavy (non-hydrogen) atoms. The van der Waals surface area contributed by atoms with Gasteiger partial charge in [-0.1, -0.05) is 0 Å². The predicted molar refractivity (Wildman–Crippen MR) is 39.6 cm³/mol. The first-order chi connectivity index (χ1) is 4.86. The average molecular weight is 133 g/mol. The topological polar surface area (TPSA) is 43.3 Å². The summed E-state index contributed by atoms with van der Waals surface area (Å²) in [5, 5.41) is 0. The van der Waals surface area contributed by atoms with Crippen LogP contribution < -0.4 is 5.73 Å². The fourth-order valence-electron chi connectivity index (χ4n) is 0.938. The third-order valence-corrected chi connectivity index (χ3v) is 1.39. The molecule has 0 fully saturated rings. The van der Waals surface area contributed by atoms with E-state index in [9.17, 15) is 0 Å². The van der Waals surface area contributed by atoms with Crippen LogP contribution in [0.4, 0.5) is 5.69 Å². The summed E-state index contributed by atoms with van der Waals surface area (Å²) in [7, 11) is 0. The van der Waals surface area contributed by atoms with Crippen LogP contribution in [0.2, 0.25) is 0 Å². The molecule has 0 saturated carbocycles. The SMILES string of the molecule is Nc1cnc2cccn2c1. The second-order valence-corrected chi connectivity index (χ2v) is 2.16. The highest BCUT2D eigenvalue weighted by molar-refractivity contribution is 5.44. The standard InChI is InChI=1S/C7H7N3/c8-6-4-9-7-2-1-3-10(7)5-6/h1-5H,8H2. The molecule has 2 N–H and O–H groups in total. The lowest BCUT2D eigenvalue weighted by atomic mass is 10.5. The van der Waals surface area contributed by atoms with Crippen LogP contribution in [0.1, 0.15) is 0 Å². The maximum Gasteiger partial charge on any atom is 0.136 e. The molecule has 0 unspecified atom stereocenters. The fourth-order valence-corrected chi connectivity index (χ4v) is 0.938. The van der Waals surface area contributed by atoms with Crippen molar-refractivity contribution in [3.8, 4) is 0 Å². The summed E-state index contributed by atoms with van der Waals surface area (Å²) < 4.78 is 1.88. The molecular formula is C7H7N3. The molecule has 0 aliphatic carbocycles. The molecule has 3 nitrogen and oxygen atoms in total. The predicted octanol–water partition coefficient (Wildman–Crippen LogP) is 0.917. The normalized spacial score (nSPS) is 10.4. The number of aromatic nitrogens is 2. The Morgan fingerprint density at radius 3 is 3.30 bits per heavy atom. The van der Waals surface area contributed by atoms with Crippen LogP contribution in [0.5, 0.6) is 0 Å². The number of rotatable bonds is 0. The maximum atomic E-state index is 5.50. The van der Waals surface area contributed by atoms with E-state index in [4.69, 9.17) is 5.73 Å². The zero-order chi connectivity index (χ0) is 6.97. The van der Waals surface area contributed by atoms with Crippen LogP contribution >= 0.6 is 0 Å². The highest BCUT2D eigenvalue weighted by Crippen LogP contribution is 2.03. The zero-order valence-electron chi connectivity index (χ0n) is 5.36. The van der Waals surface area contributed by atoms with Gasteiger partial charge in [-0.25, -0.2) is 4.98 Å². The average Bonchev–Trinajstić information content (AvgIpc) is 2.33. The molecule has 2 aromatic rings. The van der Waals surface area contributed by atoms with E-state index in [2.05, 4.69) is 4.98 Å². The van der Waals surface area contributed by atoms with Gasteiger partial charge in [-0.2, -0.15) is 0 Å². The molecule has 0 aliphatic rings. The van der Waals surface area contributed by atoms with Crippen molar-refractivity contribution in [1.29, 1.82) is 0 Å². The summed E-state index contributed by atoms with van der Waals surface area (Å²) in [5.41, 5.74) is 7.11. The Morgan fingerprint density at radius 1 is 1.50 bits per heavy atom. The lowest BCUT2D eigenvalue weighted by Gasteiger charge is -1.93. The highest BCUT2D eigenvalue weighted by atomic mass is 15.0. The van der Waals surface area contributed by atoms with E-state index in [0.29, 0.717) is 5.69 Å². The van der Waals surface area contributed by atoms with E-state index in [0.717, 1.165) is 5.65 Å². The van der Waals surface area contributed by atoms with Crippen molar-refractivity contribution in [3.05, 3.63) is 30.7 Å². The lowest BCUT2D eigenvalue weighted by Crippen LogP contribution is -1.90. The minimum absolute atomic E-state index is 0.684. The van der Waals surface area contributed by atoms with Crippen molar-refractivity contribution < 1.29 is 0 Å². The van der Waals surface area contributed by atoms with Crippen LogP contribution in [0.15, 0.2) is 30.7 Å². The van der Waals surface area contributed by atoms with E-state index in [-0.39, 0.29) is 0 Å². The van der Waals surface area contributed by atoms with E-state index in [1.54, 1.807) is 6.20 Å². The molecule has 2 heterocycles. The largest absolute Gasteiger partial charge is 0.396 e. The van der Waals surface area contributed by atoms with Gasteiger partial charge in [0.15, 0.2) is 0 Å². The summed E-state index contributed by atoms with van der Waals surface area (Å²) in [4.78, 5) is 4.08. The lowest BCUT2D eigenvalue weighted by molar-refractivity contribution is 1.14. The van der Waals surface area contributed by atoms with E-state index < -0.39 is 0 Å².